The molecule has 100 valence electrons. The van der Waals surface area contributed by atoms with Crippen molar-refractivity contribution >= 4 is 23.3 Å². The van der Waals surface area contributed by atoms with Gasteiger partial charge in [-0.25, -0.2) is 4.98 Å². The Hall–Kier alpha value is -1.29. The van der Waals surface area contributed by atoms with Crippen molar-refractivity contribution in [3.05, 3.63) is 22.8 Å². The second-order valence-corrected chi connectivity index (χ2v) is 4.50. The van der Waals surface area contributed by atoms with Gasteiger partial charge in [0.15, 0.2) is 0 Å². The van der Waals surface area contributed by atoms with Crippen LogP contribution in [-0.4, -0.2) is 35.9 Å². The molecule has 0 spiro atoms. The van der Waals surface area contributed by atoms with Crippen LogP contribution >= 0.6 is 11.6 Å². The topological polar surface area (TPSA) is 45.2 Å². The summed E-state index contributed by atoms with van der Waals surface area (Å²) in [5, 5.41) is 3.31. The Bertz CT molecular complexity index is 403. The van der Waals surface area contributed by atoms with Gasteiger partial charge < -0.3 is 10.2 Å². The van der Waals surface area contributed by atoms with Crippen molar-refractivity contribution in [3.63, 3.8) is 0 Å². The summed E-state index contributed by atoms with van der Waals surface area (Å²) in [6.07, 6.45) is 3.39. The van der Waals surface area contributed by atoms with Crippen molar-refractivity contribution in [3.8, 4) is 0 Å². The average Bonchev–Trinajstić information content (AvgIpc) is 2.38. The molecule has 1 heterocycles. The van der Waals surface area contributed by atoms with E-state index < -0.39 is 0 Å². The molecule has 0 aliphatic heterocycles. The van der Waals surface area contributed by atoms with Gasteiger partial charge >= 0.3 is 0 Å². The van der Waals surface area contributed by atoms with E-state index in [4.69, 9.17) is 11.6 Å². The number of hydrogen-bond donors (Lipinski definition) is 1. The molecule has 1 aromatic heterocycles. The summed E-state index contributed by atoms with van der Waals surface area (Å²) >= 11 is 6.05. The van der Waals surface area contributed by atoms with E-state index in [1.807, 2.05) is 4.90 Å². The lowest BCUT2D eigenvalue weighted by atomic mass is 10.2. The van der Waals surface area contributed by atoms with Crippen molar-refractivity contribution < 1.29 is 4.79 Å². The lowest BCUT2D eigenvalue weighted by Crippen LogP contribution is -2.32. The standard InChI is InChI=1S/C13H20ClN3O/c1-4-6-17(7-5-2)13(18)10-8-12(15-3)16-9-11(10)14/h8-9H,4-7H2,1-3H3,(H,15,16). The van der Waals surface area contributed by atoms with Gasteiger partial charge in [-0.15, -0.1) is 0 Å². The maximum Gasteiger partial charge on any atom is 0.255 e. The molecule has 0 aliphatic rings. The van der Waals surface area contributed by atoms with Crippen LogP contribution < -0.4 is 5.32 Å². The van der Waals surface area contributed by atoms with Gasteiger partial charge in [-0.3, -0.25) is 4.79 Å². The van der Waals surface area contributed by atoms with Crippen LogP contribution in [0.3, 0.4) is 0 Å². The number of aromatic nitrogens is 1. The molecule has 0 aromatic carbocycles. The number of carbonyl (C=O) groups excluding carboxylic acids is 1. The highest BCUT2D eigenvalue weighted by atomic mass is 35.5. The Morgan fingerprint density at radius 2 is 2.00 bits per heavy atom. The molecule has 0 fully saturated rings. The van der Waals surface area contributed by atoms with Gasteiger partial charge in [-0.1, -0.05) is 25.4 Å². The summed E-state index contributed by atoms with van der Waals surface area (Å²) in [5.41, 5.74) is 0.512. The zero-order valence-electron chi connectivity index (χ0n) is 11.2. The number of rotatable bonds is 6. The summed E-state index contributed by atoms with van der Waals surface area (Å²) in [6.45, 7) is 5.62. The summed E-state index contributed by atoms with van der Waals surface area (Å²) in [6, 6.07) is 1.70. The Balaban J connectivity index is 2.99. The molecule has 0 saturated heterocycles. The number of pyridine rings is 1. The fourth-order valence-electron chi connectivity index (χ4n) is 1.76. The first kappa shape index (κ1) is 14.8. The Labute approximate surface area is 113 Å². The van der Waals surface area contributed by atoms with E-state index in [1.165, 1.54) is 6.20 Å². The van der Waals surface area contributed by atoms with Gasteiger partial charge in [0.2, 0.25) is 0 Å². The van der Waals surface area contributed by atoms with Crippen LogP contribution in [0, 0.1) is 0 Å². The van der Waals surface area contributed by atoms with Crippen LogP contribution in [0.15, 0.2) is 12.3 Å². The quantitative estimate of drug-likeness (QED) is 0.863. The molecule has 0 radical (unpaired) electrons. The first-order valence-corrected chi connectivity index (χ1v) is 6.64. The molecule has 0 unspecified atom stereocenters. The molecule has 4 nitrogen and oxygen atoms in total. The maximum atomic E-state index is 12.4. The summed E-state index contributed by atoms with van der Waals surface area (Å²) < 4.78 is 0. The third-order valence-electron chi connectivity index (χ3n) is 2.62. The molecule has 1 N–H and O–H groups in total. The minimum atomic E-state index is -0.0254. The fraction of sp³-hybridized carbons (Fsp3) is 0.538. The van der Waals surface area contributed by atoms with E-state index >= 15 is 0 Å². The number of amides is 1. The first-order chi connectivity index (χ1) is 8.63. The smallest absolute Gasteiger partial charge is 0.255 e. The number of halogens is 1. The van der Waals surface area contributed by atoms with E-state index in [9.17, 15) is 4.79 Å². The largest absolute Gasteiger partial charge is 0.373 e. The minimum absolute atomic E-state index is 0.0254. The fourth-order valence-corrected chi connectivity index (χ4v) is 1.95. The average molecular weight is 270 g/mol. The third kappa shape index (κ3) is 3.60. The van der Waals surface area contributed by atoms with Crippen LogP contribution in [0.2, 0.25) is 5.02 Å². The molecular formula is C13H20ClN3O. The van der Waals surface area contributed by atoms with Gasteiger partial charge in [-0.05, 0) is 18.9 Å². The number of hydrogen-bond acceptors (Lipinski definition) is 3. The monoisotopic (exact) mass is 269 g/mol. The lowest BCUT2D eigenvalue weighted by molar-refractivity contribution is 0.0755. The highest BCUT2D eigenvalue weighted by molar-refractivity contribution is 6.33. The SMILES string of the molecule is CCCN(CCC)C(=O)c1cc(NC)ncc1Cl. The minimum Gasteiger partial charge on any atom is -0.373 e. The molecule has 0 aliphatic carbocycles. The van der Waals surface area contributed by atoms with E-state index in [2.05, 4.69) is 24.1 Å². The molecule has 0 bridgehead atoms. The molecule has 1 aromatic rings. The lowest BCUT2D eigenvalue weighted by Gasteiger charge is -2.22. The van der Waals surface area contributed by atoms with Crippen LogP contribution in [0.1, 0.15) is 37.0 Å². The molecule has 18 heavy (non-hydrogen) atoms. The van der Waals surface area contributed by atoms with Crippen LogP contribution in [0.4, 0.5) is 5.82 Å². The van der Waals surface area contributed by atoms with Crippen LogP contribution in [0.5, 0.6) is 0 Å². The second kappa shape index (κ2) is 7.21. The van der Waals surface area contributed by atoms with Crippen molar-refractivity contribution in [2.45, 2.75) is 26.7 Å². The van der Waals surface area contributed by atoms with E-state index in [1.54, 1.807) is 13.1 Å². The molecular weight excluding hydrogens is 250 g/mol. The Morgan fingerprint density at radius 1 is 1.39 bits per heavy atom. The first-order valence-electron chi connectivity index (χ1n) is 6.26. The highest BCUT2D eigenvalue weighted by Crippen LogP contribution is 2.20. The van der Waals surface area contributed by atoms with Crippen molar-refractivity contribution in [2.24, 2.45) is 0 Å². The zero-order chi connectivity index (χ0) is 13.5. The Kier molecular flexibility index (Phi) is 5.92. The summed E-state index contributed by atoms with van der Waals surface area (Å²) in [7, 11) is 1.76. The van der Waals surface area contributed by atoms with Gasteiger partial charge in [-0.2, -0.15) is 0 Å². The van der Waals surface area contributed by atoms with Crippen molar-refractivity contribution in [1.29, 1.82) is 0 Å². The van der Waals surface area contributed by atoms with Gasteiger partial charge in [0.1, 0.15) is 5.82 Å². The van der Waals surface area contributed by atoms with Crippen LogP contribution in [0.25, 0.3) is 0 Å². The normalized spacial score (nSPS) is 10.2. The predicted molar refractivity (Wildman–Crippen MR) is 75.3 cm³/mol. The summed E-state index contributed by atoms with van der Waals surface area (Å²) in [4.78, 5) is 18.3. The number of nitrogens with one attached hydrogen (secondary N) is 1. The van der Waals surface area contributed by atoms with Crippen molar-refractivity contribution in [2.75, 3.05) is 25.5 Å². The van der Waals surface area contributed by atoms with Gasteiger partial charge in [0.05, 0.1) is 10.6 Å². The molecule has 1 amide bonds. The predicted octanol–water partition coefficient (Wildman–Crippen LogP) is 3.04. The van der Waals surface area contributed by atoms with Crippen molar-refractivity contribution in [1.82, 2.24) is 9.88 Å². The molecule has 0 saturated carbocycles. The molecule has 0 atom stereocenters. The number of anilines is 1. The molecule has 5 heteroatoms. The van der Waals surface area contributed by atoms with Gasteiger partial charge in [0, 0.05) is 26.3 Å². The summed E-state index contributed by atoms with van der Waals surface area (Å²) in [5.74, 6) is 0.623. The zero-order valence-corrected chi connectivity index (χ0v) is 11.9. The van der Waals surface area contributed by atoms with E-state index in [-0.39, 0.29) is 5.91 Å². The number of carbonyl (C=O) groups is 1. The molecule has 1 rings (SSSR count). The second-order valence-electron chi connectivity index (χ2n) is 4.09. The highest BCUT2D eigenvalue weighted by Gasteiger charge is 2.18. The third-order valence-corrected chi connectivity index (χ3v) is 2.92. The van der Waals surface area contributed by atoms with E-state index in [0.29, 0.717) is 16.4 Å². The van der Waals surface area contributed by atoms with Crippen LogP contribution in [-0.2, 0) is 0 Å². The van der Waals surface area contributed by atoms with Gasteiger partial charge in [0.25, 0.3) is 5.91 Å². The Morgan fingerprint density at radius 3 is 2.50 bits per heavy atom. The maximum absolute atomic E-state index is 12.4. The number of nitrogens with zero attached hydrogens (tertiary/aromatic N) is 2. The van der Waals surface area contributed by atoms with E-state index in [0.717, 1.165) is 25.9 Å².